The van der Waals surface area contributed by atoms with E-state index in [4.69, 9.17) is 25.8 Å². The second-order valence-corrected chi connectivity index (χ2v) is 5.23. The van der Waals surface area contributed by atoms with Gasteiger partial charge in [0.25, 0.3) is 0 Å². The van der Waals surface area contributed by atoms with Crippen LogP contribution in [0.4, 0.5) is 0 Å². The molecule has 0 aromatic heterocycles. The number of hydrogen-bond donors (Lipinski definition) is 0. The summed E-state index contributed by atoms with van der Waals surface area (Å²) in [5.74, 6) is 2.67. The Hall–Kier alpha value is -2.78. The second kappa shape index (κ2) is 11.0. The fraction of sp³-hybridized carbons (Fsp3) is 0.316. The maximum Gasteiger partial charge on any atom is 0.345 e. The van der Waals surface area contributed by atoms with Crippen LogP contribution in [0.5, 0.6) is 0 Å². The lowest BCUT2D eigenvalue weighted by Gasteiger charge is -2.08. The highest BCUT2D eigenvalue weighted by Crippen LogP contribution is 2.13. The standard InChI is InChI=1S/C19H19ClO6/c1-4-24-18(22)15(19(23)25-5-2)12-17(21)26-13(3)10-11-14-8-6-7-9-16(14)20/h6-9,12-13H,4-5H2,1-3H3. The Morgan fingerprint density at radius 2 is 1.69 bits per heavy atom. The first-order valence-corrected chi connectivity index (χ1v) is 8.29. The van der Waals surface area contributed by atoms with E-state index in [-0.39, 0.29) is 13.2 Å². The van der Waals surface area contributed by atoms with Gasteiger partial charge in [-0.05, 0) is 32.9 Å². The van der Waals surface area contributed by atoms with Crippen LogP contribution in [0.3, 0.4) is 0 Å². The molecule has 1 aromatic carbocycles. The van der Waals surface area contributed by atoms with Crippen molar-refractivity contribution in [3.63, 3.8) is 0 Å². The SMILES string of the molecule is CCOC(=O)C(=CC(=O)OC(C)C#Cc1ccccc1Cl)C(=O)OCC. The van der Waals surface area contributed by atoms with Crippen molar-refractivity contribution >= 4 is 29.5 Å². The molecule has 1 unspecified atom stereocenters. The minimum absolute atomic E-state index is 0.0460. The summed E-state index contributed by atoms with van der Waals surface area (Å²) in [6.07, 6.45) is -0.0513. The third-order valence-corrected chi connectivity index (χ3v) is 3.16. The van der Waals surface area contributed by atoms with E-state index in [1.165, 1.54) is 0 Å². The number of rotatable bonds is 6. The second-order valence-electron chi connectivity index (χ2n) is 4.83. The van der Waals surface area contributed by atoms with Gasteiger partial charge >= 0.3 is 17.9 Å². The maximum absolute atomic E-state index is 12.0. The zero-order valence-electron chi connectivity index (χ0n) is 14.7. The van der Waals surface area contributed by atoms with Crippen molar-refractivity contribution in [3.8, 4) is 11.8 Å². The number of ether oxygens (including phenoxy) is 3. The molecule has 0 heterocycles. The van der Waals surface area contributed by atoms with Crippen molar-refractivity contribution in [2.45, 2.75) is 26.9 Å². The highest BCUT2D eigenvalue weighted by atomic mass is 35.5. The summed E-state index contributed by atoms with van der Waals surface area (Å²) in [5.41, 5.74) is 0.0521. The van der Waals surface area contributed by atoms with Gasteiger partial charge in [-0.1, -0.05) is 35.6 Å². The summed E-state index contributed by atoms with van der Waals surface area (Å²) >= 11 is 5.99. The minimum Gasteiger partial charge on any atom is -0.462 e. The molecule has 138 valence electrons. The Morgan fingerprint density at radius 3 is 2.23 bits per heavy atom. The molecule has 0 N–H and O–H groups in total. The van der Waals surface area contributed by atoms with E-state index in [1.54, 1.807) is 45.0 Å². The molecule has 26 heavy (non-hydrogen) atoms. The summed E-state index contributed by atoms with van der Waals surface area (Å²) in [5, 5.41) is 0.477. The van der Waals surface area contributed by atoms with Crippen LogP contribution in [0.1, 0.15) is 26.3 Å². The van der Waals surface area contributed by atoms with Gasteiger partial charge in [-0.25, -0.2) is 14.4 Å². The van der Waals surface area contributed by atoms with Gasteiger partial charge in [-0.2, -0.15) is 0 Å². The molecular formula is C19H19ClO6. The molecule has 1 rings (SSSR count). The Balaban J connectivity index is 2.85. The maximum atomic E-state index is 12.0. The van der Waals surface area contributed by atoms with E-state index in [2.05, 4.69) is 11.8 Å². The smallest absolute Gasteiger partial charge is 0.345 e. The first-order chi connectivity index (χ1) is 12.4. The number of carbonyl (C=O) groups is 3. The van der Waals surface area contributed by atoms with Crippen LogP contribution in [0.2, 0.25) is 5.02 Å². The van der Waals surface area contributed by atoms with Crippen LogP contribution < -0.4 is 0 Å². The molecule has 0 amide bonds. The van der Waals surface area contributed by atoms with Gasteiger partial charge in [0.2, 0.25) is 0 Å². The van der Waals surface area contributed by atoms with E-state index >= 15 is 0 Å². The van der Waals surface area contributed by atoms with Crippen molar-refractivity contribution in [1.29, 1.82) is 0 Å². The first kappa shape index (κ1) is 21.3. The average Bonchev–Trinajstić information content (AvgIpc) is 2.59. The Bertz CT molecular complexity index is 737. The zero-order chi connectivity index (χ0) is 19.5. The Kier molecular flexibility index (Phi) is 8.96. The van der Waals surface area contributed by atoms with Crippen LogP contribution in [0.25, 0.3) is 0 Å². The lowest BCUT2D eigenvalue weighted by molar-refractivity contribution is -0.148. The van der Waals surface area contributed by atoms with Gasteiger partial charge in [0, 0.05) is 11.6 Å². The number of esters is 3. The molecule has 0 bridgehead atoms. The quantitative estimate of drug-likeness (QED) is 0.189. The van der Waals surface area contributed by atoms with Crippen LogP contribution in [-0.2, 0) is 28.6 Å². The summed E-state index contributed by atoms with van der Waals surface area (Å²) in [6, 6.07) is 6.97. The molecule has 0 radical (unpaired) electrons. The third-order valence-electron chi connectivity index (χ3n) is 2.83. The Labute approximate surface area is 157 Å². The molecule has 0 saturated heterocycles. The van der Waals surface area contributed by atoms with E-state index in [0.717, 1.165) is 6.08 Å². The summed E-state index contributed by atoms with van der Waals surface area (Å²) in [4.78, 5) is 35.5. The molecule has 0 aliphatic carbocycles. The lowest BCUT2D eigenvalue weighted by atomic mass is 10.2. The van der Waals surface area contributed by atoms with Crippen molar-refractivity contribution in [1.82, 2.24) is 0 Å². The van der Waals surface area contributed by atoms with Crippen molar-refractivity contribution < 1.29 is 28.6 Å². The van der Waals surface area contributed by atoms with Crippen LogP contribution >= 0.6 is 11.6 Å². The minimum atomic E-state index is -0.960. The first-order valence-electron chi connectivity index (χ1n) is 7.91. The monoisotopic (exact) mass is 378 g/mol. The summed E-state index contributed by atoms with van der Waals surface area (Å²) in [6.45, 7) is 4.79. The van der Waals surface area contributed by atoms with E-state index in [0.29, 0.717) is 10.6 Å². The predicted octanol–water partition coefficient (Wildman–Crippen LogP) is 2.68. The summed E-state index contributed by atoms with van der Waals surface area (Å²) in [7, 11) is 0. The topological polar surface area (TPSA) is 78.9 Å². The molecule has 1 aromatic rings. The van der Waals surface area contributed by atoms with Gasteiger partial charge in [-0.3, -0.25) is 0 Å². The molecule has 6 nitrogen and oxygen atoms in total. The van der Waals surface area contributed by atoms with Gasteiger partial charge in [0.05, 0.1) is 18.2 Å². The molecule has 0 aliphatic heterocycles. The highest BCUT2D eigenvalue weighted by molar-refractivity contribution is 6.31. The third kappa shape index (κ3) is 6.99. The van der Waals surface area contributed by atoms with Crippen molar-refractivity contribution in [2.75, 3.05) is 13.2 Å². The molecule has 7 heteroatoms. The highest BCUT2D eigenvalue weighted by Gasteiger charge is 2.23. The number of carbonyl (C=O) groups excluding carboxylic acids is 3. The van der Waals surface area contributed by atoms with Crippen LogP contribution in [0, 0.1) is 11.8 Å². The van der Waals surface area contributed by atoms with Crippen LogP contribution in [0.15, 0.2) is 35.9 Å². The fourth-order valence-corrected chi connectivity index (χ4v) is 1.90. The van der Waals surface area contributed by atoms with Gasteiger partial charge in [0.15, 0.2) is 11.7 Å². The molecular weight excluding hydrogens is 360 g/mol. The average molecular weight is 379 g/mol. The lowest BCUT2D eigenvalue weighted by Crippen LogP contribution is -2.21. The van der Waals surface area contributed by atoms with Gasteiger partial charge in [-0.15, -0.1) is 0 Å². The largest absolute Gasteiger partial charge is 0.462 e. The summed E-state index contributed by atoms with van der Waals surface area (Å²) < 4.78 is 14.5. The molecule has 0 spiro atoms. The molecule has 0 saturated carbocycles. The predicted molar refractivity (Wildman–Crippen MR) is 95.2 cm³/mol. The van der Waals surface area contributed by atoms with Crippen molar-refractivity contribution in [2.24, 2.45) is 0 Å². The fourth-order valence-electron chi connectivity index (χ4n) is 1.72. The molecule has 1 atom stereocenters. The normalized spacial score (nSPS) is 10.6. The van der Waals surface area contributed by atoms with Gasteiger partial charge < -0.3 is 14.2 Å². The van der Waals surface area contributed by atoms with E-state index in [1.807, 2.05) is 0 Å². The number of hydrogen-bond acceptors (Lipinski definition) is 6. The Morgan fingerprint density at radius 1 is 1.12 bits per heavy atom. The zero-order valence-corrected chi connectivity index (χ0v) is 15.5. The number of benzene rings is 1. The molecule has 0 aliphatic rings. The van der Waals surface area contributed by atoms with E-state index in [9.17, 15) is 14.4 Å². The molecule has 0 fully saturated rings. The van der Waals surface area contributed by atoms with Crippen LogP contribution in [-0.4, -0.2) is 37.2 Å². The van der Waals surface area contributed by atoms with E-state index < -0.39 is 29.6 Å². The number of halogens is 1. The van der Waals surface area contributed by atoms with Crippen molar-refractivity contribution in [3.05, 3.63) is 46.5 Å². The van der Waals surface area contributed by atoms with Gasteiger partial charge in [0.1, 0.15) is 0 Å².